The molecule has 1 N–H and O–H groups in total. The minimum absolute atomic E-state index is 0.0212. The lowest BCUT2D eigenvalue weighted by Crippen LogP contribution is -2.39. The highest BCUT2D eigenvalue weighted by atomic mass is 35.5. The molecule has 0 aromatic carbocycles. The van der Waals surface area contributed by atoms with Gasteiger partial charge in [-0.15, -0.1) is 11.6 Å². The molecular formula is C12H15ClO4. The quantitative estimate of drug-likeness (QED) is 0.788. The van der Waals surface area contributed by atoms with Crippen LogP contribution in [0.3, 0.4) is 0 Å². The maximum atomic E-state index is 12.1. The van der Waals surface area contributed by atoms with E-state index in [4.69, 9.17) is 21.4 Å². The molecule has 0 saturated heterocycles. The van der Waals surface area contributed by atoms with Gasteiger partial charge in [0.2, 0.25) is 0 Å². The minimum Gasteiger partial charge on any atom is -0.497 e. The van der Waals surface area contributed by atoms with E-state index >= 15 is 0 Å². The monoisotopic (exact) mass is 258 g/mol. The Bertz CT molecular complexity index is 364. The molecule has 0 aromatic heterocycles. The fourth-order valence-corrected chi connectivity index (χ4v) is 2.74. The molecule has 0 radical (unpaired) electrons. The van der Waals surface area contributed by atoms with Gasteiger partial charge in [-0.3, -0.25) is 9.59 Å². The number of ether oxygens (including phenoxy) is 1. The van der Waals surface area contributed by atoms with E-state index in [0.29, 0.717) is 12.0 Å². The van der Waals surface area contributed by atoms with Crippen molar-refractivity contribution in [3.8, 4) is 0 Å². The zero-order valence-corrected chi connectivity index (χ0v) is 10.2. The zero-order chi connectivity index (χ0) is 12.4. The zero-order valence-electron chi connectivity index (χ0n) is 9.39. The van der Waals surface area contributed by atoms with E-state index in [1.807, 2.05) is 0 Å². The number of carbonyl (C=O) groups excluding carboxylic acids is 1. The number of hydrogen-bond donors (Lipinski definition) is 1. The van der Waals surface area contributed by atoms with E-state index in [9.17, 15) is 9.59 Å². The van der Waals surface area contributed by atoms with Crippen molar-refractivity contribution in [2.24, 2.45) is 5.92 Å². The average molecular weight is 259 g/mol. The number of carboxylic acid groups (broad SMARTS) is 1. The average Bonchev–Trinajstić information content (AvgIpc) is 2.29. The summed E-state index contributed by atoms with van der Waals surface area (Å²) in [6, 6.07) is 0. The van der Waals surface area contributed by atoms with Gasteiger partial charge in [-0.1, -0.05) is 0 Å². The molecule has 0 spiro atoms. The highest BCUT2D eigenvalue weighted by Crippen LogP contribution is 2.36. The van der Waals surface area contributed by atoms with Crippen molar-refractivity contribution < 1.29 is 19.4 Å². The lowest BCUT2D eigenvalue weighted by molar-refractivity contribution is -0.137. The molecule has 4 nitrogen and oxygen atoms in total. The molecule has 3 atom stereocenters. The number of rotatable bonds is 3. The molecule has 2 rings (SSSR count). The van der Waals surface area contributed by atoms with Crippen LogP contribution in [0.1, 0.15) is 32.1 Å². The summed E-state index contributed by atoms with van der Waals surface area (Å²) >= 11 is 6.06. The molecule has 1 saturated carbocycles. The second kappa shape index (κ2) is 5.08. The predicted molar refractivity (Wildman–Crippen MR) is 61.8 cm³/mol. The van der Waals surface area contributed by atoms with Crippen LogP contribution >= 0.6 is 11.6 Å². The number of ketones is 1. The summed E-state index contributed by atoms with van der Waals surface area (Å²) in [6.45, 7) is 0. The van der Waals surface area contributed by atoms with Crippen molar-refractivity contribution in [1.82, 2.24) is 0 Å². The standard InChI is InChI=1S/C12H15ClO4/c13-8-2-3-10-9(5-8)12(16)7(6-17-10)1-4-11(14)15/h6,8-10H,1-5H2,(H,14,15). The van der Waals surface area contributed by atoms with Gasteiger partial charge in [-0.25, -0.2) is 0 Å². The molecule has 0 aromatic rings. The normalized spacial score (nSPS) is 32.4. The summed E-state index contributed by atoms with van der Waals surface area (Å²) < 4.78 is 5.51. The number of alkyl halides is 1. The van der Waals surface area contributed by atoms with Crippen LogP contribution in [-0.4, -0.2) is 28.3 Å². The van der Waals surface area contributed by atoms with Gasteiger partial charge < -0.3 is 9.84 Å². The first-order chi connectivity index (χ1) is 8.08. The summed E-state index contributed by atoms with van der Waals surface area (Å²) in [6.07, 6.45) is 3.89. The first kappa shape index (κ1) is 12.4. The lowest BCUT2D eigenvalue weighted by atomic mass is 9.79. The molecule has 94 valence electrons. The van der Waals surface area contributed by atoms with Gasteiger partial charge in [0.25, 0.3) is 0 Å². The molecule has 1 aliphatic heterocycles. The van der Waals surface area contributed by atoms with Crippen molar-refractivity contribution in [3.63, 3.8) is 0 Å². The van der Waals surface area contributed by atoms with Crippen molar-refractivity contribution in [2.45, 2.75) is 43.6 Å². The molecule has 1 aliphatic carbocycles. The van der Waals surface area contributed by atoms with Crippen molar-refractivity contribution in [2.75, 3.05) is 0 Å². The highest BCUT2D eigenvalue weighted by molar-refractivity contribution is 6.20. The summed E-state index contributed by atoms with van der Waals surface area (Å²) in [5, 5.41) is 8.63. The van der Waals surface area contributed by atoms with Crippen LogP contribution in [0.5, 0.6) is 0 Å². The fraction of sp³-hybridized carbons (Fsp3) is 0.667. The Kier molecular flexibility index (Phi) is 3.72. The maximum absolute atomic E-state index is 12.1. The number of allylic oxidation sites excluding steroid dienone is 1. The Morgan fingerprint density at radius 3 is 3.00 bits per heavy atom. The van der Waals surface area contributed by atoms with Gasteiger partial charge in [-0.2, -0.15) is 0 Å². The Morgan fingerprint density at radius 1 is 1.53 bits per heavy atom. The summed E-state index contributed by atoms with van der Waals surface area (Å²) in [5.41, 5.74) is 0.486. The maximum Gasteiger partial charge on any atom is 0.303 e. The Morgan fingerprint density at radius 2 is 2.29 bits per heavy atom. The van der Waals surface area contributed by atoms with Gasteiger partial charge in [0.1, 0.15) is 6.10 Å². The molecule has 0 bridgehead atoms. The first-order valence-corrected chi connectivity index (χ1v) is 6.26. The fourth-order valence-electron chi connectivity index (χ4n) is 2.42. The van der Waals surface area contributed by atoms with Crippen molar-refractivity contribution in [3.05, 3.63) is 11.8 Å². The number of carbonyl (C=O) groups is 2. The van der Waals surface area contributed by atoms with Crippen LogP contribution < -0.4 is 0 Å². The van der Waals surface area contributed by atoms with Gasteiger partial charge in [0.15, 0.2) is 5.78 Å². The van der Waals surface area contributed by atoms with Crippen LogP contribution in [0.2, 0.25) is 0 Å². The van der Waals surface area contributed by atoms with Gasteiger partial charge in [0.05, 0.1) is 12.2 Å². The van der Waals surface area contributed by atoms with Crippen molar-refractivity contribution >= 4 is 23.4 Å². The van der Waals surface area contributed by atoms with E-state index < -0.39 is 5.97 Å². The number of aliphatic carboxylic acids is 1. The van der Waals surface area contributed by atoms with Crippen LogP contribution in [0.15, 0.2) is 11.8 Å². The molecule has 5 heteroatoms. The van der Waals surface area contributed by atoms with Crippen LogP contribution in [0, 0.1) is 5.92 Å². The number of carboxylic acids is 1. The number of Topliss-reactive ketones (excluding diaryl/α,β-unsaturated/α-hetero) is 1. The van der Waals surface area contributed by atoms with Crippen LogP contribution in [0.4, 0.5) is 0 Å². The summed E-state index contributed by atoms with van der Waals surface area (Å²) in [4.78, 5) is 22.6. The summed E-state index contributed by atoms with van der Waals surface area (Å²) in [5.74, 6) is -1.06. The second-order valence-corrected chi connectivity index (χ2v) is 5.21. The molecule has 1 heterocycles. The molecule has 2 aliphatic rings. The Labute approximate surface area is 105 Å². The number of fused-ring (bicyclic) bond motifs is 1. The van der Waals surface area contributed by atoms with Crippen LogP contribution in [-0.2, 0) is 14.3 Å². The third-order valence-electron chi connectivity index (χ3n) is 3.37. The third-order valence-corrected chi connectivity index (χ3v) is 3.77. The van der Waals surface area contributed by atoms with E-state index in [1.165, 1.54) is 6.26 Å². The Hall–Kier alpha value is -1.03. The number of halogens is 1. The van der Waals surface area contributed by atoms with Crippen molar-refractivity contribution in [1.29, 1.82) is 0 Å². The second-order valence-electron chi connectivity index (χ2n) is 4.59. The van der Waals surface area contributed by atoms with Gasteiger partial charge >= 0.3 is 5.97 Å². The van der Waals surface area contributed by atoms with E-state index in [2.05, 4.69) is 0 Å². The van der Waals surface area contributed by atoms with E-state index in [-0.39, 0.29) is 36.0 Å². The topological polar surface area (TPSA) is 63.6 Å². The highest BCUT2D eigenvalue weighted by Gasteiger charge is 2.39. The van der Waals surface area contributed by atoms with Gasteiger partial charge in [0, 0.05) is 17.4 Å². The summed E-state index contributed by atoms with van der Waals surface area (Å²) in [7, 11) is 0. The number of hydrogen-bond acceptors (Lipinski definition) is 3. The Balaban J connectivity index is 2.03. The largest absolute Gasteiger partial charge is 0.497 e. The minimum atomic E-state index is -0.903. The molecule has 3 unspecified atom stereocenters. The first-order valence-electron chi connectivity index (χ1n) is 5.82. The molecular weight excluding hydrogens is 244 g/mol. The SMILES string of the molecule is O=C(O)CCC1=COC2CCC(Cl)CC2C1=O. The molecule has 17 heavy (non-hydrogen) atoms. The van der Waals surface area contributed by atoms with E-state index in [0.717, 1.165) is 12.8 Å². The van der Waals surface area contributed by atoms with Gasteiger partial charge in [-0.05, 0) is 25.7 Å². The predicted octanol–water partition coefficient (Wildman–Crippen LogP) is 2.11. The van der Waals surface area contributed by atoms with Crippen LogP contribution in [0.25, 0.3) is 0 Å². The molecule has 1 fully saturated rings. The lowest BCUT2D eigenvalue weighted by Gasteiger charge is -2.35. The molecule has 0 amide bonds. The smallest absolute Gasteiger partial charge is 0.303 e. The third kappa shape index (κ3) is 2.80. The van der Waals surface area contributed by atoms with E-state index in [1.54, 1.807) is 0 Å².